The number of aromatic nitrogens is 1. The molecule has 8 heteroatoms. The van der Waals surface area contributed by atoms with Crippen LogP contribution in [0.5, 0.6) is 0 Å². The minimum absolute atomic E-state index is 0.111. The lowest BCUT2D eigenvalue weighted by Gasteiger charge is -2.36. The molecule has 2 fully saturated rings. The van der Waals surface area contributed by atoms with Crippen LogP contribution >= 0.6 is 24.0 Å². The number of thiocarbonyl (C=S) groups is 1. The number of piperidine rings is 1. The maximum absolute atomic E-state index is 13.3. The van der Waals surface area contributed by atoms with Crippen molar-refractivity contribution < 1.29 is 4.79 Å². The van der Waals surface area contributed by atoms with Gasteiger partial charge in [0.15, 0.2) is 0 Å². The Balaban J connectivity index is 2.26. The zero-order chi connectivity index (χ0) is 22.7. The molecule has 31 heavy (non-hydrogen) atoms. The maximum atomic E-state index is 13.3. The molecule has 0 radical (unpaired) electrons. The molecule has 3 heterocycles. The van der Waals surface area contributed by atoms with Crippen LogP contribution in [0, 0.1) is 24.2 Å². The Labute approximate surface area is 193 Å². The SMILES string of the molecule is CCCCn1c(N2CCCC(C)C2)c(/C=C2\SC(=S)N(CC)C2=O)c(C)c(C#N)c1=O. The average molecular weight is 459 g/mol. The van der Waals surface area contributed by atoms with E-state index >= 15 is 0 Å². The molecule has 2 aliphatic heterocycles. The summed E-state index contributed by atoms with van der Waals surface area (Å²) in [5, 5.41) is 9.75. The average Bonchev–Trinajstić information content (AvgIpc) is 3.01. The molecule has 0 aliphatic carbocycles. The minimum Gasteiger partial charge on any atom is -0.357 e. The van der Waals surface area contributed by atoms with Crippen LogP contribution < -0.4 is 10.5 Å². The summed E-state index contributed by atoms with van der Waals surface area (Å²) in [5.74, 6) is 1.24. The molecule has 1 amide bonds. The largest absolute Gasteiger partial charge is 0.357 e. The highest BCUT2D eigenvalue weighted by Gasteiger charge is 2.32. The lowest BCUT2D eigenvalue weighted by atomic mass is 9.98. The molecule has 2 aliphatic rings. The monoisotopic (exact) mass is 458 g/mol. The Morgan fingerprint density at radius 3 is 2.65 bits per heavy atom. The number of likely N-dealkylation sites (N-methyl/N-ethyl adjacent to an activating group) is 1. The van der Waals surface area contributed by atoms with Gasteiger partial charge >= 0.3 is 0 Å². The van der Waals surface area contributed by atoms with E-state index in [1.165, 1.54) is 11.8 Å². The van der Waals surface area contributed by atoms with E-state index in [9.17, 15) is 14.9 Å². The highest BCUT2D eigenvalue weighted by atomic mass is 32.2. The summed E-state index contributed by atoms with van der Waals surface area (Å²) in [5.41, 5.74) is 1.34. The van der Waals surface area contributed by atoms with Crippen molar-refractivity contribution in [1.82, 2.24) is 9.47 Å². The van der Waals surface area contributed by atoms with Crippen molar-refractivity contribution in [2.45, 2.75) is 59.9 Å². The summed E-state index contributed by atoms with van der Waals surface area (Å²) in [7, 11) is 0. The van der Waals surface area contributed by atoms with Crippen LogP contribution in [0.2, 0.25) is 0 Å². The molecule has 0 saturated carbocycles. The fourth-order valence-corrected chi connectivity index (χ4v) is 5.66. The number of anilines is 1. The maximum Gasteiger partial charge on any atom is 0.270 e. The Hall–Kier alpha value is -2.11. The van der Waals surface area contributed by atoms with Gasteiger partial charge in [-0.3, -0.25) is 19.1 Å². The molecule has 3 rings (SSSR count). The molecule has 1 aromatic rings. The number of unbranched alkanes of at least 4 members (excludes halogenated alkanes) is 1. The van der Waals surface area contributed by atoms with E-state index in [1.54, 1.807) is 9.47 Å². The molecule has 1 atom stereocenters. The van der Waals surface area contributed by atoms with Gasteiger partial charge in [-0.1, -0.05) is 44.2 Å². The van der Waals surface area contributed by atoms with Crippen molar-refractivity contribution in [3.63, 3.8) is 0 Å². The van der Waals surface area contributed by atoms with Crippen molar-refractivity contribution in [1.29, 1.82) is 5.26 Å². The summed E-state index contributed by atoms with van der Waals surface area (Å²) in [4.78, 5) is 30.6. The second-order valence-electron chi connectivity index (χ2n) is 8.28. The minimum atomic E-state index is -0.236. The molecule has 0 aromatic carbocycles. The Bertz CT molecular complexity index is 1020. The van der Waals surface area contributed by atoms with Crippen molar-refractivity contribution >= 4 is 46.1 Å². The van der Waals surface area contributed by atoms with E-state index in [0.717, 1.165) is 50.2 Å². The number of hydrogen-bond acceptors (Lipinski definition) is 6. The normalized spacial score (nSPS) is 20.6. The number of thioether (sulfide) groups is 1. The first kappa shape index (κ1) is 23.6. The van der Waals surface area contributed by atoms with E-state index in [2.05, 4.69) is 24.8 Å². The number of nitriles is 1. The van der Waals surface area contributed by atoms with Crippen molar-refractivity contribution in [2.75, 3.05) is 24.5 Å². The van der Waals surface area contributed by atoms with Gasteiger partial charge in [-0.25, -0.2) is 0 Å². The van der Waals surface area contributed by atoms with Crippen molar-refractivity contribution in [3.05, 3.63) is 31.9 Å². The van der Waals surface area contributed by atoms with E-state index in [-0.39, 0.29) is 17.0 Å². The Morgan fingerprint density at radius 2 is 2.06 bits per heavy atom. The van der Waals surface area contributed by atoms with Gasteiger partial charge in [0.2, 0.25) is 0 Å². The van der Waals surface area contributed by atoms with Crippen molar-refractivity contribution in [3.8, 4) is 6.07 Å². The number of nitrogens with zero attached hydrogens (tertiary/aromatic N) is 4. The zero-order valence-corrected chi connectivity index (χ0v) is 20.4. The van der Waals surface area contributed by atoms with Crippen molar-refractivity contribution in [2.24, 2.45) is 5.92 Å². The lowest BCUT2D eigenvalue weighted by Crippen LogP contribution is -2.40. The lowest BCUT2D eigenvalue weighted by molar-refractivity contribution is -0.121. The van der Waals surface area contributed by atoms with Gasteiger partial charge in [0, 0.05) is 31.7 Å². The molecule has 166 valence electrons. The quantitative estimate of drug-likeness (QED) is 0.468. The molecule has 1 unspecified atom stereocenters. The highest BCUT2D eigenvalue weighted by Crippen LogP contribution is 2.36. The predicted octanol–water partition coefficient (Wildman–Crippen LogP) is 4.29. The summed E-state index contributed by atoms with van der Waals surface area (Å²) < 4.78 is 2.31. The fraction of sp³-hybridized carbons (Fsp3) is 0.565. The van der Waals surface area contributed by atoms with Crippen LogP contribution in [0.15, 0.2) is 9.70 Å². The first-order chi connectivity index (χ1) is 14.8. The third-order valence-corrected chi connectivity index (χ3v) is 7.38. The number of carbonyl (C=O) groups is 1. The van der Waals surface area contributed by atoms with Gasteiger partial charge < -0.3 is 4.90 Å². The zero-order valence-electron chi connectivity index (χ0n) is 18.7. The van der Waals surface area contributed by atoms with E-state index in [0.29, 0.717) is 33.8 Å². The van der Waals surface area contributed by atoms with Crippen LogP contribution in [0.1, 0.15) is 63.1 Å². The topological polar surface area (TPSA) is 69.3 Å². The molecule has 2 saturated heterocycles. The highest BCUT2D eigenvalue weighted by molar-refractivity contribution is 8.26. The standard InChI is InChI=1S/C23H30N4O2S2/c1-5-7-11-27-20(25-10-8-9-15(3)14-25)17(16(4)18(13-24)21(27)28)12-19-22(29)26(6-2)23(30)31-19/h12,15H,5-11,14H2,1-4H3/b19-12-. The number of hydrogen-bond donors (Lipinski definition) is 0. The third-order valence-electron chi connectivity index (χ3n) is 6.00. The van der Waals surface area contributed by atoms with Crippen LogP contribution in [0.25, 0.3) is 6.08 Å². The number of pyridine rings is 1. The van der Waals surface area contributed by atoms with Crippen LogP contribution in [0.4, 0.5) is 5.82 Å². The summed E-state index contributed by atoms with van der Waals surface area (Å²) >= 11 is 6.67. The molecule has 0 N–H and O–H groups in total. The smallest absolute Gasteiger partial charge is 0.270 e. The van der Waals surface area contributed by atoms with Gasteiger partial charge in [-0.15, -0.1) is 0 Å². The Morgan fingerprint density at radius 1 is 1.32 bits per heavy atom. The van der Waals surface area contributed by atoms with E-state index in [4.69, 9.17) is 12.2 Å². The first-order valence-corrected chi connectivity index (χ1v) is 12.2. The second-order valence-corrected chi connectivity index (χ2v) is 9.95. The Kier molecular flexibility index (Phi) is 7.60. The first-order valence-electron chi connectivity index (χ1n) is 11.0. The summed E-state index contributed by atoms with van der Waals surface area (Å²) in [6.45, 7) is 10.8. The summed E-state index contributed by atoms with van der Waals surface area (Å²) in [6.07, 6.45) is 5.86. The fourth-order valence-electron chi connectivity index (χ4n) is 4.29. The second kappa shape index (κ2) is 10.0. The van der Waals surface area contributed by atoms with Gasteiger partial charge in [-0.05, 0) is 50.7 Å². The van der Waals surface area contributed by atoms with E-state index in [1.807, 2.05) is 19.9 Å². The molecule has 0 spiro atoms. The van der Waals surface area contributed by atoms with Gasteiger partial charge in [0.1, 0.15) is 21.8 Å². The van der Waals surface area contributed by atoms with Gasteiger partial charge in [0.05, 0.1) is 4.91 Å². The third kappa shape index (κ3) is 4.58. The molecular weight excluding hydrogens is 428 g/mol. The number of amides is 1. The number of carbonyl (C=O) groups excluding carboxylic acids is 1. The molecule has 1 aromatic heterocycles. The predicted molar refractivity (Wildman–Crippen MR) is 131 cm³/mol. The number of rotatable bonds is 6. The molecule has 0 bridgehead atoms. The van der Waals surface area contributed by atoms with Crippen LogP contribution in [0.3, 0.4) is 0 Å². The molecular formula is C23H30N4O2S2. The van der Waals surface area contributed by atoms with Crippen LogP contribution in [-0.2, 0) is 11.3 Å². The summed E-state index contributed by atoms with van der Waals surface area (Å²) in [6, 6.07) is 2.12. The van der Waals surface area contributed by atoms with Gasteiger partial charge in [0.25, 0.3) is 11.5 Å². The van der Waals surface area contributed by atoms with E-state index < -0.39 is 0 Å². The van der Waals surface area contributed by atoms with Crippen LogP contribution in [-0.4, -0.2) is 39.3 Å². The molecule has 6 nitrogen and oxygen atoms in total. The van der Waals surface area contributed by atoms with Gasteiger partial charge in [-0.2, -0.15) is 5.26 Å².